The lowest BCUT2D eigenvalue weighted by atomic mass is 10.3. The first-order valence-corrected chi connectivity index (χ1v) is 6.31. The van der Waals surface area contributed by atoms with Gasteiger partial charge in [0.2, 0.25) is 0 Å². The van der Waals surface area contributed by atoms with Gasteiger partial charge in [0.1, 0.15) is 6.07 Å². The van der Waals surface area contributed by atoms with Gasteiger partial charge in [-0.2, -0.15) is 5.26 Å². The van der Waals surface area contributed by atoms with Gasteiger partial charge in [-0.1, -0.05) is 0 Å². The molecule has 0 fully saturated rings. The molecule has 0 aliphatic heterocycles. The molecule has 7 heteroatoms. The molecule has 0 unspecified atom stereocenters. The van der Waals surface area contributed by atoms with Crippen molar-refractivity contribution >= 4 is 15.8 Å². The van der Waals surface area contributed by atoms with E-state index in [1.54, 1.807) is 6.07 Å². The Balaban J connectivity index is 2.98. The molecule has 0 saturated carbocycles. The SMILES string of the molecule is COC(=O)CCS(=O)(=O)c1ncccc1C#N. The summed E-state index contributed by atoms with van der Waals surface area (Å²) in [6, 6.07) is 4.57. The summed E-state index contributed by atoms with van der Waals surface area (Å²) in [4.78, 5) is 14.5. The van der Waals surface area contributed by atoms with Crippen LogP contribution in [0.3, 0.4) is 0 Å². The lowest BCUT2D eigenvalue weighted by Crippen LogP contribution is -2.14. The smallest absolute Gasteiger partial charge is 0.306 e. The first-order chi connectivity index (χ1) is 8.01. The maximum Gasteiger partial charge on any atom is 0.306 e. The summed E-state index contributed by atoms with van der Waals surface area (Å²) in [6.07, 6.45) is 1.02. The monoisotopic (exact) mass is 254 g/mol. The summed E-state index contributed by atoms with van der Waals surface area (Å²) in [5.74, 6) is -1.05. The van der Waals surface area contributed by atoms with Crippen LogP contribution in [0.2, 0.25) is 0 Å². The Labute approximate surface area is 98.8 Å². The number of hydrogen-bond donors (Lipinski definition) is 0. The van der Waals surface area contributed by atoms with Crippen LogP contribution in [0, 0.1) is 11.3 Å². The van der Waals surface area contributed by atoms with E-state index < -0.39 is 21.6 Å². The van der Waals surface area contributed by atoms with Crippen LogP contribution in [0.5, 0.6) is 0 Å². The largest absolute Gasteiger partial charge is 0.469 e. The molecule has 17 heavy (non-hydrogen) atoms. The second-order valence-corrected chi connectivity index (χ2v) is 5.14. The van der Waals surface area contributed by atoms with Gasteiger partial charge in [-0.25, -0.2) is 13.4 Å². The Morgan fingerprint density at radius 2 is 2.29 bits per heavy atom. The van der Waals surface area contributed by atoms with Crippen LogP contribution in [0.25, 0.3) is 0 Å². The van der Waals surface area contributed by atoms with E-state index in [9.17, 15) is 13.2 Å². The van der Waals surface area contributed by atoms with E-state index in [1.165, 1.54) is 25.4 Å². The van der Waals surface area contributed by atoms with Crippen LogP contribution in [-0.2, 0) is 19.4 Å². The van der Waals surface area contributed by atoms with E-state index in [2.05, 4.69) is 9.72 Å². The van der Waals surface area contributed by atoms with Gasteiger partial charge in [0.15, 0.2) is 14.9 Å². The van der Waals surface area contributed by atoms with E-state index in [4.69, 9.17) is 5.26 Å². The lowest BCUT2D eigenvalue weighted by molar-refractivity contribution is -0.140. The number of rotatable bonds is 4. The van der Waals surface area contributed by atoms with Crippen molar-refractivity contribution in [1.29, 1.82) is 5.26 Å². The summed E-state index contributed by atoms with van der Waals surface area (Å²) in [5, 5.41) is 8.46. The van der Waals surface area contributed by atoms with Crippen LogP contribution >= 0.6 is 0 Å². The number of nitriles is 1. The first-order valence-electron chi connectivity index (χ1n) is 4.66. The summed E-state index contributed by atoms with van der Waals surface area (Å²) in [6.45, 7) is 0. The number of sulfone groups is 1. The van der Waals surface area contributed by atoms with Crippen molar-refractivity contribution in [2.75, 3.05) is 12.9 Å². The highest BCUT2D eigenvalue weighted by Gasteiger charge is 2.21. The highest BCUT2D eigenvalue weighted by atomic mass is 32.2. The molecule has 1 aromatic heterocycles. The van der Waals surface area contributed by atoms with Gasteiger partial charge in [0, 0.05) is 6.20 Å². The highest BCUT2D eigenvalue weighted by molar-refractivity contribution is 7.91. The van der Waals surface area contributed by atoms with Gasteiger partial charge in [-0.15, -0.1) is 0 Å². The second kappa shape index (κ2) is 5.41. The van der Waals surface area contributed by atoms with Crippen molar-refractivity contribution in [3.63, 3.8) is 0 Å². The van der Waals surface area contributed by atoms with Gasteiger partial charge in [0.05, 0.1) is 24.8 Å². The molecule has 1 rings (SSSR count). The fourth-order valence-corrected chi connectivity index (χ4v) is 2.44. The van der Waals surface area contributed by atoms with Crippen molar-refractivity contribution in [3.8, 4) is 6.07 Å². The Morgan fingerprint density at radius 3 is 2.88 bits per heavy atom. The molecular formula is C10H10N2O4S. The van der Waals surface area contributed by atoms with Crippen LogP contribution in [0.4, 0.5) is 0 Å². The number of methoxy groups -OCH3 is 1. The van der Waals surface area contributed by atoms with Crippen LogP contribution in [0.1, 0.15) is 12.0 Å². The maximum atomic E-state index is 11.8. The minimum Gasteiger partial charge on any atom is -0.469 e. The zero-order valence-corrected chi connectivity index (χ0v) is 9.90. The molecule has 0 aromatic carbocycles. The molecule has 6 nitrogen and oxygen atoms in total. The first kappa shape index (κ1) is 13.1. The molecular weight excluding hydrogens is 244 g/mol. The van der Waals surface area contributed by atoms with Crippen LogP contribution in [0.15, 0.2) is 23.4 Å². The van der Waals surface area contributed by atoms with Crippen LogP contribution in [-0.4, -0.2) is 32.2 Å². The number of nitrogens with zero attached hydrogens (tertiary/aromatic N) is 2. The topological polar surface area (TPSA) is 97.1 Å². The molecule has 90 valence electrons. The van der Waals surface area contributed by atoms with Crippen molar-refractivity contribution in [3.05, 3.63) is 23.9 Å². The lowest BCUT2D eigenvalue weighted by Gasteiger charge is -2.03. The average molecular weight is 254 g/mol. The predicted molar refractivity (Wildman–Crippen MR) is 57.6 cm³/mol. The fraction of sp³-hybridized carbons (Fsp3) is 0.300. The minimum absolute atomic E-state index is 0.0302. The summed E-state index contributed by atoms with van der Waals surface area (Å²) in [7, 11) is -2.57. The molecule has 0 atom stereocenters. The molecule has 0 N–H and O–H groups in total. The number of esters is 1. The highest BCUT2D eigenvalue weighted by Crippen LogP contribution is 2.13. The normalized spacial score (nSPS) is 10.6. The number of pyridine rings is 1. The number of aromatic nitrogens is 1. The summed E-state index contributed by atoms with van der Waals surface area (Å²) < 4.78 is 28.0. The second-order valence-electron chi connectivity index (χ2n) is 3.11. The molecule has 0 saturated heterocycles. The van der Waals surface area contributed by atoms with E-state index in [0.717, 1.165) is 0 Å². The molecule has 0 spiro atoms. The third-order valence-electron chi connectivity index (χ3n) is 1.99. The summed E-state index contributed by atoms with van der Waals surface area (Å²) >= 11 is 0. The Morgan fingerprint density at radius 1 is 1.59 bits per heavy atom. The zero-order valence-electron chi connectivity index (χ0n) is 9.08. The van der Waals surface area contributed by atoms with Gasteiger partial charge < -0.3 is 4.74 Å². The third-order valence-corrected chi connectivity index (χ3v) is 3.64. The molecule has 0 bridgehead atoms. The quantitative estimate of drug-likeness (QED) is 0.716. The Kier molecular flexibility index (Phi) is 4.17. The number of carbonyl (C=O) groups is 1. The van der Waals surface area contributed by atoms with Crippen molar-refractivity contribution in [2.45, 2.75) is 11.4 Å². The van der Waals surface area contributed by atoms with Crippen LogP contribution < -0.4 is 0 Å². The van der Waals surface area contributed by atoms with Gasteiger partial charge >= 0.3 is 5.97 Å². The van der Waals surface area contributed by atoms with Gasteiger partial charge in [0.25, 0.3) is 0 Å². The Hall–Kier alpha value is -1.94. The number of hydrogen-bond acceptors (Lipinski definition) is 6. The predicted octanol–water partition coefficient (Wildman–Crippen LogP) is 0.290. The van der Waals surface area contributed by atoms with Gasteiger partial charge in [-0.3, -0.25) is 4.79 Å². The molecule has 0 amide bonds. The van der Waals surface area contributed by atoms with E-state index in [0.29, 0.717) is 0 Å². The van der Waals surface area contributed by atoms with Crippen molar-refractivity contribution in [1.82, 2.24) is 4.98 Å². The summed E-state index contributed by atoms with van der Waals surface area (Å²) in [5.41, 5.74) is -0.0302. The van der Waals surface area contributed by atoms with E-state index >= 15 is 0 Å². The zero-order chi connectivity index (χ0) is 12.9. The average Bonchev–Trinajstić information content (AvgIpc) is 2.35. The standard InChI is InChI=1S/C10H10N2O4S/c1-16-9(13)4-6-17(14,15)10-8(7-11)3-2-5-12-10/h2-3,5H,4,6H2,1H3. The molecule has 1 aromatic rings. The number of ether oxygens (including phenoxy) is 1. The molecule has 0 radical (unpaired) electrons. The van der Waals surface area contributed by atoms with Crippen molar-refractivity contribution < 1.29 is 17.9 Å². The van der Waals surface area contributed by atoms with Crippen molar-refractivity contribution in [2.24, 2.45) is 0 Å². The Bertz CT molecular complexity index is 560. The third kappa shape index (κ3) is 3.26. The van der Waals surface area contributed by atoms with E-state index in [1.807, 2.05) is 0 Å². The minimum atomic E-state index is -3.74. The molecule has 1 heterocycles. The number of carbonyl (C=O) groups excluding carboxylic acids is 1. The van der Waals surface area contributed by atoms with Gasteiger partial charge in [-0.05, 0) is 12.1 Å². The molecule has 0 aliphatic rings. The van der Waals surface area contributed by atoms with E-state index in [-0.39, 0.29) is 17.0 Å². The molecule has 0 aliphatic carbocycles. The fourth-order valence-electron chi connectivity index (χ4n) is 1.14. The maximum absolute atomic E-state index is 11.8.